The summed E-state index contributed by atoms with van der Waals surface area (Å²) < 4.78 is 6.53. The van der Waals surface area contributed by atoms with Gasteiger partial charge in [-0.05, 0) is 37.3 Å². The molecular formula is C16H14ClN3O2. The minimum absolute atomic E-state index is 0.376. The number of anilines is 1. The first kappa shape index (κ1) is 14.4. The van der Waals surface area contributed by atoms with Crippen molar-refractivity contribution in [1.29, 1.82) is 0 Å². The van der Waals surface area contributed by atoms with E-state index < -0.39 is 0 Å². The zero-order valence-electron chi connectivity index (χ0n) is 12.1. The molecule has 0 radical (unpaired) electrons. The van der Waals surface area contributed by atoms with Gasteiger partial charge in [-0.1, -0.05) is 23.2 Å². The van der Waals surface area contributed by atoms with Crippen LogP contribution in [0.2, 0.25) is 5.02 Å². The summed E-state index contributed by atoms with van der Waals surface area (Å²) in [4.78, 5) is 12.4. The third-order valence-electron chi connectivity index (χ3n) is 3.32. The lowest BCUT2D eigenvalue weighted by molar-refractivity contribution is 0.251. The first-order valence-corrected chi connectivity index (χ1v) is 7.05. The average Bonchev–Trinajstić information content (AvgIpc) is 2.90. The van der Waals surface area contributed by atoms with Gasteiger partial charge in [-0.25, -0.2) is 4.79 Å². The molecule has 3 aromatic rings. The quantitative estimate of drug-likeness (QED) is 0.775. The van der Waals surface area contributed by atoms with Crippen molar-refractivity contribution in [3.05, 3.63) is 53.2 Å². The number of hydrogen-bond acceptors (Lipinski definition) is 3. The summed E-state index contributed by atoms with van der Waals surface area (Å²) in [7, 11) is 1.53. The maximum absolute atomic E-state index is 12.4. The molecule has 0 aliphatic carbocycles. The second kappa shape index (κ2) is 5.69. The summed E-state index contributed by atoms with van der Waals surface area (Å²) in [6.07, 6.45) is 1.66. The van der Waals surface area contributed by atoms with E-state index in [-0.39, 0.29) is 6.03 Å². The Balaban J connectivity index is 1.95. The molecule has 0 bridgehead atoms. The Bertz CT molecular complexity index is 858. The molecule has 0 unspecified atom stereocenters. The van der Waals surface area contributed by atoms with Gasteiger partial charge in [0.1, 0.15) is 5.75 Å². The first-order chi connectivity index (χ1) is 10.6. The Kier molecular flexibility index (Phi) is 3.73. The van der Waals surface area contributed by atoms with Crippen molar-refractivity contribution in [1.82, 2.24) is 9.78 Å². The second-order valence-electron chi connectivity index (χ2n) is 4.89. The van der Waals surface area contributed by atoms with Gasteiger partial charge in [-0.15, -0.1) is 0 Å². The number of hydrogen-bond donors (Lipinski definition) is 1. The Labute approximate surface area is 132 Å². The van der Waals surface area contributed by atoms with Crippen LogP contribution in [0.4, 0.5) is 10.5 Å². The van der Waals surface area contributed by atoms with Gasteiger partial charge in [0.25, 0.3) is 0 Å². The van der Waals surface area contributed by atoms with Crippen LogP contribution >= 0.6 is 11.6 Å². The molecule has 1 amide bonds. The number of ether oxygens (including phenoxy) is 1. The van der Waals surface area contributed by atoms with E-state index in [4.69, 9.17) is 16.3 Å². The van der Waals surface area contributed by atoms with Crippen molar-refractivity contribution in [3.63, 3.8) is 0 Å². The summed E-state index contributed by atoms with van der Waals surface area (Å²) in [5.74, 6) is 0.532. The molecule has 0 fully saturated rings. The molecule has 0 atom stereocenters. The summed E-state index contributed by atoms with van der Waals surface area (Å²) in [5.41, 5.74) is 2.35. The zero-order chi connectivity index (χ0) is 15.7. The van der Waals surface area contributed by atoms with E-state index in [2.05, 4.69) is 10.4 Å². The van der Waals surface area contributed by atoms with Gasteiger partial charge in [0.05, 0.1) is 24.5 Å². The largest absolute Gasteiger partial charge is 0.495 e. The Hall–Kier alpha value is -2.53. The van der Waals surface area contributed by atoms with Crippen LogP contribution in [0.5, 0.6) is 5.75 Å². The maximum atomic E-state index is 12.4. The predicted molar refractivity (Wildman–Crippen MR) is 86.9 cm³/mol. The fourth-order valence-electron chi connectivity index (χ4n) is 2.26. The van der Waals surface area contributed by atoms with Gasteiger partial charge in [-0.3, -0.25) is 0 Å². The zero-order valence-corrected chi connectivity index (χ0v) is 12.9. The number of methoxy groups -OCH3 is 1. The molecule has 6 heteroatoms. The number of nitrogens with zero attached hydrogens (tertiary/aromatic N) is 2. The van der Waals surface area contributed by atoms with Crippen LogP contribution in [0.15, 0.2) is 42.6 Å². The van der Waals surface area contributed by atoms with Crippen molar-refractivity contribution in [2.75, 3.05) is 12.4 Å². The van der Waals surface area contributed by atoms with Crippen LogP contribution in [0.25, 0.3) is 10.9 Å². The monoisotopic (exact) mass is 315 g/mol. The van der Waals surface area contributed by atoms with E-state index in [1.165, 1.54) is 11.8 Å². The predicted octanol–water partition coefficient (Wildman–Crippen LogP) is 4.09. The van der Waals surface area contributed by atoms with Gasteiger partial charge in [-0.2, -0.15) is 9.78 Å². The highest BCUT2D eigenvalue weighted by Gasteiger charge is 2.13. The van der Waals surface area contributed by atoms with Crippen LogP contribution in [0.1, 0.15) is 5.56 Å². The fourth-order valence-corrected chi connectivity index (χ4v) is 2.43. The lowest BCUT2D eigenvalue weighted by Gasteiger charge is -2.10. The van der Waals surface area contributed by atoms with Crippen molar-refractivity contribution in [2.24, 2.45) is 0 Å². The molecule has 0 spiro atoms. The Morgan fingerprint density at radius 2 is 2.09 bits per heavy atom. The van der Waals surface area contributed by atoms with Gasteiger partial charge in [0.2, 0.25) is 0 Å². The first-order valence-electron chi connectivity index (χ1n) is 6.68. The number of rotatable bonds is 2. The molecule has 1 N–H and O–H groups in total. The van der Waals surface area contributed by atoms with E-state index in [0.717, 1.165) is 16.5 Å². The minimum Gasteiger partial charge on any atom is -0.495 e. The minimum atomic E-state index is -0.376. The van der Waals surface area contributed by atoms with Crippen LogP contribution in [-0.2, 0) is 0 Å². The van der Waals surface area contributed by atoms with Crippen LogP contribution in [0, 0.1) is 6.92 Å². The molecule has 1 aromatic heterocycles. The molecule has 1 heterocycles. The number of benzene rings is 2. The maximum Gasteiger partial charge on any atom is 0.347 e. The average molecular weight is 316 g/mol. The number of halogens is 1. The normalized spacial score (nSPS) is 10.7. The summed E-state index contributed by atoms with van der Waals surface area (Å²) in [6.45, 7) is 1.99. The van der Waals surface area contributed by atoms with E-state index in [0.29, 0.717) is 16.5 Å². The molecule has 5 nitrogen and oxygen atoms in total. The number of carbonyl (C=O) groups is 1. The Morgan fingerprint density at radius 1 is 1.27 bits per heavy atom. The molecule has 0 aliphatic rings. The van der Waals surface area contributed by atoms with E-state index in [9.17, 15) is 4.79 Å². The van der Waals surface area contributed by atoms with Crippen LogP contribution in [-0.4, -0.2) is 22.9 Å². The van der Waals surface area contributed by atoms with E-state index >= 15 is 0 Å². The highest BCUT2D eigenvalue weighted by molar-refractivity contribution is 6.31. The van der Waals surface area contributed by atoms with Crippen molar-refractivity contribution < 1.29 is 9.53 Å². The smallest absolute Gasteiger partial charge is 0.347 e. The third kappa shape index (κ3) is 2.63. The number of fused-ring (bicyclic) bond motifs is 1. The van der Waals surface area contributed by atoms with E-state index in [1.54, 1.807) is 24.4 Å². The lowest BCUT2D eigenvalue weighted by Crippen LogP contribution is -2.20. The molecule has 22 heavy (non-hydrogen) atoms. The second-order valence-corrected chi connectivity index (χ2v) is 5.33. The molecule has 3 rings (SSSR count). The van der Waals surface area contributed by atoms with Crippen molar-refractivity contribution in [3.8, 4) is 5.75 Å². The van der Waals surface area contributed by atoms with Crippen molar-refractivity contribution in [2.45, 2.75) is 6.92 Å². The third-order valence-corrected chi connectivity index (χ3v) is 3.55. The fraction of sp³-hybridized carbons (Fsp3) is 0.125. The summed E-state index contributed by atoms with van der Waals surface area (Å²) >= 11 is 5.97. The van der Waals surface area contributed by atoms with Crippen molar-refractivity contribution >= 4 is 34.2 Å². The Morgan fingerprint density at radius 3 is 2.86 bits per heavy atom. The molecular weight excluding hydrogens is 302 g/mol. The van der Waals surface area contributed by atoms with Gasteiger partial charge in [0, 0.05) is 10.4 Å². The van der Waals surface area contributed by atoms with Gasteiger partial charge >= 0.3 is 6.03 Å². The highest BCUT2D eigenvalue weighted by atomic mass is 35.5. The van der Waals surface area contributed by atoms with Crippen LogP contribution in [0.3, 0.4) is 0 Å². The summed E-state index contributed by atoms with van der Waals surface area (Å²) in [6, 6.07) is 10.4. The SMILES string of the molecule is COc1ccc(Cl)cc1NC(=O)n1ncc2cc(C)ccc21. The molecule has 0 saturated heterocycles. The summed E-state index contributed by atoms with van der Waals surface area (Å²) in [5, 5.41) is 8.33. The molecule has 112 valence electrons. The van der Waals surface area contributed by atoms with Crippen LogP contribution < -0.4 is 10.1 Å². The topological polar surface area (TPSA) is 56.1 Å². The number of amides is 1. The number of aryl methyl sites for hydroxylation is 1. The number of nitrogens with one attached hydrogen (secondary N) is 1. The molecule has 2 aromatic carbocycles. The highest BCUT2D eigenvalue weighted by Crippen LogP contribution is 2.28. The standard InChI is InChI=1S/C16H14ClN3O2/c1-10-3-5-14-11(7-10)9-18-20(14)16(21)19-13-8-12(17)4-6-15(13)22-2/h3-9H,1-2H3,(H,19,21). The molecule has 0 aliphatic heterocycles. The van der Waals surface area contributed by atoms with Gasteiger partial charge in [0.15, 0.2) is 0 Å². The molecule has 0 saturated carbocycles. The number of aromatic nitrogens is 2. The van der Waals surface area contributed by atoms with Gasteiger partial charge < -0.3 is 10.1 Å². The van der Waals surface area contributed by atoms with E-state index in [1.807, 2.05) is 25.1 Å². The lowest BCUT2D eigenvalue weighted by atomic mass is 10.2. The number of carbonyl (C=O) groups excluding carboxylic acids is 1.